The highest BCUT2D eigenvalue weighted by Gasteiger charge is 2.76. The summed E-state index contributed by atoms with van der Waals surface area (Å²) >= 11 is 17.6. The minimum atomic E-state index is -2.05. The lowest BCUT2D eigenvalue weighted by Gasteiger charge is -2.50. The monoisotopic (exact) mass is 718 g/mol. The molecule has 2 aliphatic heterocycles. The third-order valence-corrected chi connectivity index (χ3v) is 11.4. The SMILES string of the molecule is O=C(O)CCCN1C(=O)[C@H]2[C@H](CC=C3[C@H]2C[C@@]2(Cl)C(=O)N(CBr)C(=O)[C@@]2(Cl)[C@H]3c2ccc(OCc3ccccc3)cc2O)C1=O. The van der Waals surface area contributed by atoms with Gasteiger partial charge in [0.1, 0.15) is 18.1 Å². The van der Waals surface area contributed by atoms with Gasteiger partial charge in [-0.2, -0.15) is 0 Å². The van der Waals surface area contributed by atoms with E-state index in [0.717, 1.165) is 15.4 Å². The van der Waals surface area contributed by atoms with Crippen LogP contribution < -0.4 is 4.74 Å². The minimum absolute atomic E-state index is 0.0477. The van der Waals surface area contributed by atoms with Gasteiger partial charge in [0, 0.05) is 30.5 Å². The average Bonchev–Trinajstić information content (AvgIpc) is 3.34. The molecule has 0 unspecified atom stereocenters. The second-order valence-electron chi connectivity index (χ2n) is 11.8. The molecule has 0 spiro atoms. The summed E-state index contributed by atoms with van der Waals surface area (Å²) < 4.78 is 5.87. The molecule has 0 aromatic heterocycles. The summed E-state index contributed by atoms with van der Waals surface area (Å²) in [5.74, 6) is -6.77. The fraction of sp³-hybridized carbons (Fsp3) is 0.406. The fourth-order valence-corrected chi connectivity index (χ4v) is 8.79. The van der Waals surface area contributed by atoms with E-state index in [1.165, 1.54) is 6.07 Å². The molecule has 2 heterocycles. The zero-order valence-electron chi connectivity index (χ0n) is 23.8. The van der Waals surface area contributed by atoms with Gasteiger partial charge in [-0.15, -0.1) is 23.2 Å². The lowest BCUT2D eigenvalue weighted by molar-refractivity contribution is -0.142. The number of aliphatic carboxylic acids is 1. The predicted octanol–water partition coefficient (Wildman–Crippen LogP) is 4.55. The van der Waals surface area contributed by atoms with E-state index in [-0.39, 0.29) is 55.6 Å². The Bertz CT molecular complexity index is 1640. The van der Waals surface area contributed by atoms with Crippen LogP contribution in [0.1, 0.15) is 42.7 Å². The van der Waals surface area contributed by atoms with Gasteiger partial charge in [-0.3, -0.25) is 33.8 Å². The number of carbonyl (C=O) groups is 5. The predicted molar refractivity (Wildman–Crippen MR) is 166 cm³/mol. The number of carboxylic acid groups (broad SMARTS) is 1. The Morgan fingerprint density at radius 2 is 1.73 bits per heavy atom. The topological polar surface area (TPSA) is 142 Å². The molecule has 45 heavy (non-hydrogen) atoms. The molecule has 236 valence electrons. The van der Waals surface area contributed by atoms with Gasteiger partial charge in [0.2, 0.25) is 11.8 Å². The summed E-state index contributed by atoms with van der Waals surface area (Å²) in [7, 11) is 0. The number of rotatable bonds is 9. The van der Waals surface area contributed by atoms with Crippen molar-refractivity contribution in [2.24, 2.45) is 17.8 Å². The Hall–Kier alpha value is -3.41. The molecular weight excluding hydrogens is 691 g/mol. The van der Waals surface area contributed by atoms with Crippen LogP contribution in [0.3, 0.4) is 0 Å². The van der Waals surface area contributed by atoms with Crippen molar-refractivity contribution in [3.05, 3.63) is 71.3 Å². The number of phenols is 1. The van der Waals surface area contributed by atoms with Gasteiger partial charge in [-0.1, -0.05) is 64.0 Å². The summed E-state index contributed by atoms with van der Waals surface area (Å²) in [6.07, 6.45) is 1.65. The van der Waals surface area contributed by atoms with Crippen LogP contribution in [-0.4, -0.2) is 71.4 Å². The molecule has 2 aromatic carbocycles. The van der Waals surface area contributed by atoms with Crippen LogP contribution in [0.15, 0.2) is 60.2 Å². The first-order valence-electron chi connectivity index (χ1n) is 14.5. The molecular formula is C32H29BrCl2N2O8. The molecule has 2 N–H and O–H groups in total. The van der Waals surface area contributed by atoms with Crippen LogP contribution in [0.4, 0.5) is 0 Å². The number of amides is 4. The number of nitrogens with zero attached hydrogens (tertiary/aromatic N) is 2. The number of carboxylic acids is 1. The van der Waals surface area contributed by atoms with Gasteiger partial charge in [0.15, 0.2) is 9.75 Å². The highest BCUT2D eigenvalue weighted by atomic mass is 79.9. The third kappa shape index (κ3) is 4.85. The van der Waals surface area contributed by atoms with Crippen molar-refractivity contribution in [1.29, 1.82) is 0 Å². The van der Waals surface area contributed by atoms with Crippen LogP contribution >= 0.6 is 39.1 Å². The van der Waals surface area contributed by atoms with Crippen LogP contribution in [0.5, 0.6) is 11.5 Å². The maximum Gasteiger partial charge on any atom is 0.303 e. The number of hydrogen-bond acceptors (Lipinski definition) is 7. The smallest absolute Gasteiger partial charge is 0.303 e. The van der Waals surface area contributed by atoms with Gasteiger partial charge in [0.05, 0.1) is 17.3 Å². The largest absolute Gasteiger partial charge is 0.508 e. The highest BCUT2D eigenvalue weighted by Crippen LogP contribution is 2.66. The number of imide groups is 2. The van der Waals surface area contributed by atoms with Crippen LogP contribution in [0.25, 0.3) is 0 Å². The van der Waals surface area contributed by atoms with Crippen molar-refractivity contribution in [2.75, 3.05) is 12.0 Å². The van der Waals surface area contributed by atoms with Crippen molar-refractivity contribution in [3.8, 4) is 11.5 Å². The number of allylic oxidation sites excluding steroid dienone is 2. The molecule has 6 atom stereocenters. The lowest BCUT2D eigenvalue weighted by Crippen LogP contribution is -2.60. The molecule has 2 aromatic rings. The number of halogens is 3. The second-order valence-corrected chi connectivity index (χ2v) is 13.5. The Kier molecular flexibility index (Phi) is 8.24. The van der Waals surface area contributed by atoms with E-state index in [2.05, 4.69) is 15.9 Å². The Balaban J connectivity index is 1.40. The number of hydrogen-bond donors (Lipinski definition) is 2. The first-order valence-corrected chi connectivity index (χ1v) is 16.4. The van der Waals surface area contributed by atoms with Crippen LogP contribution in [-0.2, 0) is 30.6 Å². The first kappa shape index (κ1) is 31.6. The summed E-state index contributed by atoms with van der Waals surface area (Å²) in [4.78, 5) is 63.9. The molecule has 13 heteroatoms. The van der Waals surface area contributed by atoms with Crippen molar-refractivity contribution in [1.82, 2.24) is 9.80 Å². The van der Waals surface area contributed by atoms with Crippen LogP contribution in [0, 0.1) is 17.8 Å². The van der Waals surface area contributed by atoms with E-state index in [9.17, 15) is 29.1 Å². The van der Waals surface area contributed by atoms with Gasteiger partial charge in [-0.25, -0.2) is 0 Å². The van der Waals surface area contributed by atoms with E-state index in [1.807, 2.05) is 30.3 Å². The maximum atomic E-state index is 13.9. The standard InChI is InChI=1S/C32H29BrCl2N2O8/c33-16-37-29(43)31(34)14-22-19(10-11-21-25(22)28(42)36(27(21)41)12-4-7-24(39)40)26(32(31,35)30(37)44)20-9-8-18(13-23(20)38)45-15-17-5-2-1-3-6-17/h1-3,5-6,8-10,13,21-22,25-26,38H,4,7,11-12,14-16H2,(H,39,40)/t21-,22+,25-,26+,31+,32-/m0/s1. The number of alkyl halides is 3. The molecule has 4 aliphatic rings. The zero-order valence-corrected chi connectivity index (χ0v) is 26.9. The average molecular weight is 720 g/mol. The molecule has 4 amide bonds. The molecule has 2 aliphatic carbocycles. The third-order valence-electron chi connectivity index (χ3n) is 9.44. The molecule has 6 rings (SSSR count). The summed E-state index contributed by atoms with van der Waals surface area (Å²) in [6, 6.07) is 14.1. The molecule has 1 saturated carbocycles. The van der Waals surface area contributed by atoms with E-state index in [1.54, 1.807) is 18.2 Å². The number of benzene rings is 2. The van der Waals surface area contributed by atoms with E-state index in [4.69, 9.17) is 33.0 Å². The summed E-state index contributed by atoms with van der Waals surface area (Å²) in [5, 5.41) is 20.4. The highest BCUT2D eigenvalue weighted by molar-refractivity contribution is 9.09. The Morgan fingerprint density at radius 3 is 2.40 bits per heavy atom. The quantitative estimate of drug-likeness (QED) is 0.167. The number of carbonyl (C=O) groups excluding carboxylic acids is 4. The van der Waals surface area contributed by atoms with Gasteiger partial charge < -0.3 is 14.9 Å². The van der Waals surface area contributed by atoms with E-state index in [0.29, 0.717) is 11.3 Å². The summed E-state index contributed by atoms with van der Waals surface area (Å²) in [5.41, 5.74) is 1.52. The molecule has 10 nitrogen and oxygen atoms in total. The Morgan fingerprint density at radius 1 is 1.00 bits per heavy atom. The first-order chi connectivity index (χ1) is 21.4. The Labute approximate surface area is 277 Å². The van der Waals surface area contributed by atoms with Crippen molar-refractivity contribution in [2.45, 2.75) is 48.0 Å². The fourth-order valence-electron chi connectivity index (χ4n) is 7.37. The minimum Gasteiger partial charge on any atom is -0.508 e. The van der Waals surface area contributed by atoms with Crippen molar-refractivity contribution in [3.63, 3.8) is 0 Å². The maximum absolute atomic E-state index is 13.9. The van der Waals surface area contributed by atoms with Gasteiger partial charge in [-0.05, 0) is 36.8 Å². The number of aromatic hydroxyl groups is 1. The zero-order chi connectivity index (χ0) is 32.3. The number of fused-ring (bicyclic) bond motifs is 4. The van der Waals surface area contributed by atoms with Gasteiger partial charge in [0.25, 0.3) is 11.8 Å². The molecule has 2 saturated heterocycles. The van der Waals surface area contributed by atoms with Crippen molar-refractivity contribution >= 4 is 68.7 Å². The summed E-state index contributed by atoms with van der Waals surface area (Å²) in [6.45, 7) is 0.198. The van der Waals surface area contributed by atoms with E-state index >= 15 is 0 Å². The second kappa shape index (κ2) is 11.7. The molecule has 0 radical (unpaired) electrons. The van der Waals surface area contributed by atoms with E-state index < -0.39 is 63.0 Å². The van der Waals surface area contributed by atoms with Crippen molar-refractivity contribution < 1.29 is 38.9 Å². The van der Waals surface area contributed by atoms with Crippen LogP contribution in [0.2, 0.25) is 0 Å². The number of ether oxygens (including phenoxy) is 1. The van der Waals surface area contributed by atoms with Gasteiger partial charge >= 0.3 is 5.97 Å². The normalized spacial score (nSPS) is 30.6. The lowest BCUT2D eigenvalue weighted by atomic mass is 9.56. The number of likely N-dealkylation sites (tertiary alicyclic amines) is 2. The molecule has 0 bridgehead atoms. The number of phenolic OH excluding ortho intramolecular Hbond substituents is 1. The molecule has 3 fully saturated rings.